The van der Waals surface area contributed by atoms with Crippen LogP contribution in [0.3, 0.4) is 0 Å². The fourth-order valence-corrected chi connectivity index (χ4v) is 3.53. The Morgan fingerprint density at radius 2 is 1.85 bits per heavy atom. The highest BCUT2D eigenvalue weighted by Crippen LogP contribution is 2.28. The maximum absolute atomic E-state index is 2.62. The minimum Gasteiger partial charge on any atom is -0.341 e. The van der Waals surface area contributed by atoms with Gasteiger partial charge in [0.2, 0.25) is 0 Å². The minimum atomic E-state index is 0.522. The Balaban J connectivity index is 2.00. The summed E-state index contributed by atoms with van der Waals surface area (Å²) in [5.74, 6) is 0. The van der Waals surface area contributed by atoms with Gasteiger partial charge in [-0.1, -0.05) is 18.6 Å². The van der Waals surface area contributed by atoms with E-state index in [1.807, 2.05) is 0 Å². The average molecular weight is 270 g/mol. The molecule has 2 nitrogen and oxygen atoms in total. The summed E-state index contributed by atoms with van der Waals surface area (Å²) in [6.07, 6.45) is 4.13. The molecule has 0 N–H and O–H groups in total. The highest BCUT2D eigenvalue weighted by molar-refractivity contribution is 5.84. The van der Waals surface area contributed by atoms with E-state index in [-0.39, 0.29) is 0 Å². The van der Waals surface area contributed by atoms with Crippen molar-refractivity contribution in [3.8, 4) is 0 Å². The normalized spacial score (nSPS) is 17.2. The highest BCUT2D eigenvalue weighted by atomic mass is 15.2. The van der Waals surface area contributed by atoms with E-state index in [2.05, 4.69) is 54.5 Å². The van der Waals surface area contributed by atoms with Crippen LogP contribution in [0.5, 0.6) is 0 Å². The lowest BCUT2D eigenvalue weighted by atomic mass is 10.1. The van der Waals surface area contributed by atoms with Crippen molar-refractivity contribution in [3.05, 3.63) is 35.5 Å². The Labute approximate surface area is 122 Å². The first-order chi connectivity index (χ1) is 9.66. The third-order valence-corrected chi connectivity index (χ3v) is 4.53. The number of rotatable bonds is 3. The molecule has 2 heterocycles. The predicted octanol–water partition coefficient (Wildman–Crippen LogP) is 4.52. The number of aromatic nitrogens is 1. The van der Waals surface area contributed by atoms with Crippen molar-refractivity contribution >= 4 is 10.9 Å². The zero-order chi connectivity index (χ0) is 14.1. The summed E-state index contributed by atoms with van der Waals surface area (Å²) in [6.45, 7) is 10.4. The first-order valence-electron chi connectivity index (χ1n) is 7.98. The molecule has 1 aromatic carbocycles. The fourth-order valence-electron chi connectivity index (χ4n) is 3.53. The molecule has 1 fully saturated rings. The van der Waals surface area contributed by atoms with Crippen LogP contribution in [-0.2, 0) is 6.54 Å². The van der Waals surface area contributed by atoms with E-state index in [1.54, 1.807) is 0 Å². The van der Waals surface area contributed by atoms with Crippen molar-refractivity contribution in [2.24, 2.45) is 0 Å². The number of hydrogen-bond donors (Lipinski definition) is 0. The molecule has 108 valence electrons. The number of piperidine rings is 1. The van der Waals surface area contributed by atoms with Gasteiger partial charge in [0.15, 0.2) is 0 Å². The first-order valence-corrected chi connectivity index (χ1v) is 7.98. The Kier molecular flexibility index (Phi) is 3.84. The van der Waals surface area contributed by atoms with Crippen LogP contribution in [0.25, 0.3) is 10.9 Å². The van der Waals surface area contributed by atoms with Gasteiger partial charge in [-0.05, 0) is 64.4 Å². The van der Waals surface area contributed by atoms with E-state index in [0.717, 1.165) is 6.54 Å². The van der Waals surface area contributed by atoms with E-state index in [9.17, 15) is 0 Å². The van der Waals surface area contributed by atoms with Gasteiger partial charge in [0.1, 0.15) is 0 Å². The molecule has 0 radical (unpaired) electrons. The first kappa shape index (κ1) is 13.7. The molecule has 1 aromatic heterocycles. The van der Waals surface area contributed by atoms with E-state index < -0.39 is 0 Å². The zero-order valence-corrected chi connectivity index (χ0v) is 13.0. The van der Waals surface area contributed by atoms with Crippen molar-refractivity contribution in [2.75, 3.05) is 13.1 Å². The van der Waals surface area contributed by atoms with Crippen molar-refractivity contribution in [3.63, 3.8) is 0 Å². The summed E-state index contributed by atoms with van der Waals surface area (Å²) in [4.78, 5) is 2.62. The van der Waals surface area contributed by atoms with Crippen LogP contribution in [0.1, 0.15) is 50.4 Å². The lowest BCUT2D eigenvalue weighted by molar-refractivity contribution is 0.215. The monoisotopic (exact) mass is 270 g/mol. The Morgan fingerprint density at radius 1 is 1.10 bits per heavy atom. The van der Waals surface area contributed by atoms with Crippen molar-refractivity contribution in [1.29, 1.82) is 0 Å². The molecule has 0 unspecified atom stereocenters. The lowest BCUT2D eigenvalue weighted by Crippen LogP contribution is -2.30. The van der Waals surface area contributed by atoms with Gasteiger partial charge in [-0.25, -0.2) is 0 Å². The maximum atomic E-state index is 2.62. The third kappa shape index (κ3) is 2.49. The molecular weight excluding hydrogens is 244 g/mol. The molecule has 0 amide bonds. The molecule has 1 aliphatic heterocycles. The Bertz CT molecular complexity index is 589. The smallest absolute Gasteiger partial charge is 0.0488 e. The van der Waals surface area contributed by atoms with E-state index in [0.29, 0.717) is 6.04 Å². The minimum absolute atomic E-state index is 0.522. The summed E-state index contributed by atoms with van der Waals surface area (Å²) < 4.78 is 2.52. The summed E-state index contributed by atoms with van der Waals surface area (Å²) in [5, 5.41) is 1.42. The van der Waals surface area contributed by atoms with Crippen LogP contribution < -0.4 is 0 Å². The Hall–Kier alpha value is -1.28. The van der Waals surface area contributed by atoms with Crippen LogP contribution in [-0.4, -0.2) is 22.6 Å². The average Bonchev–Trinajstić information content (AvgIpc) is 2.79. The maximum Gasteiger partial charge on any atom is 0.0488 e. The number of benzene rings is 1. The van der Waals surface area contributed by atoms with Crippen molar-refractivity contribution in [2.45, 2.75) is 52.6 Å². The van der Waals surface area contributed by atoms with Gasteiger partial charge in [-0.15, -0.1) is 0 Å². The molecule has 1 aliphatic rings. The SMILES string of the molecule is Cc1cccc2c1cc(CN1CCCCC1)n2C(C)C. The van der Waals surface area contributed by atoms with Gasteiger partial charge in [0.25, 0.3) is 0 Å². The largest absolute Gasteiger partial charge is 0.341 e. The van der Waals surface area contributed by atoms with Crippen LogP contribution in [0.15, 0.2) is 24.3 Å². The molecule has 2 aromatic rings. The number of aryl methyl sites for hydroxylation is 1. The quantitative estimate of drug-likeness (QED) is 0.796. The molecule has 0 saturated carbocycles. The standard InChI is InChI=1S/C18H26N2/c1-14(2)20-16(13-19-10-5-4-6-11-19)12-17-15(3)8-7-9-18(17)20/h7-9,12,14H,4-6,10-11,13H2,1-3H3. The van der Waals surface area contributed by atoms with Crippen molar-refractivity contribution < 1.29 is 0 Å². The van der Waals surface area contributed by atoms with Gasteiger partial charge >= 0.3 is 0 Å². The third-order valence-electron chi connectivity index (χ3n) is 4.53. The molecule has 0 atom stereocenters. The van der Waals surface area contributed by atoms with E-state index in [1.165, 1.54) is 54.5 Å². The summed E-state index contributed by atoms with van der Waals surface area (Å²) in [6, 6.07) is 9.61. The molecule has 2 heteroatoms. The number of hydrogen-bond acceptors (Lipinski definition) is 1. The summed E-state index contributed by atoms with van der Waals surface area (Å²) in [7, 11) is 0. The molecule has 0 aliphatic carbocycles. The van der Waals surface area contributed by atoms with Crippen LogP contribution in [0.4, 0.5) is 0 Å². The molecule has 1 saturated heterocycles. The topological polar surface area (TPSA) is 8.17 Å². The van der Waals surface area contributed by atoms with Gasteiger partial charge in [-0.3, -0.25) is 4.90 Å². The molecular formula is C18H26N2. The van der Waals surface area contributed by atoms with E-state index in [4.69, 9.17) is 0 Å². The second kappa shape index (κ2) is 5.61. The number of fused-ring (bicyclic) bond motifs is 1. The zero-order valence-electron chi connectivity index (χ0n) is 13.0. The van der Waals surface area contributed by atoms with Gasteiger partial charge in [-0.2, -0.15) is 0 Å². The van der Waals surface area contributed by atoms with Crippen LogP contribution >= 0.6 is 0 Å². The summed E-state index contributed by atoms with van der Waals surface area (Å²) in [5.41, 5.74) is 4.26. The van der Waals surface area contributed by atoms with Gasteiger partial charge in [0.05, 0.1) is 0 Å². The number of nitrogens with zero attached hydrogens (tertiary/aromatic N) is 2. The van der Waals surface area contributed by atoms with Crippen molar-refractivity contribution in [1.82, 2.24) is 9.47 Å². The van der Waals surface area contributed by atoms with E-state index >= 15 is 0 Å². The highest BCUT2D eigenvalue weighted by Gasteiger charge is 2.16. The second-order valence-electron chi connectivity index (χ2n) is 6.44. The summed E-state index contributed by atoms with van der Waals surface area (Å²) >= 11 is 0. The fraction of sp³-hybridized carbons (Fsp3) is 0.556. The second-order valence-corrected chi connectivity index (χ2v) is 6.44. The predicted molar refractivity (Wildman–Crippen MR) is 86.2 cm³/mol. The lowest BCUT2D eigenvalue weighted by Gasteiger charge is -2.27. The van der Waals surface area contributed by atoms with Crippen LogP contribution in [0.2, 0.25) is 0 Å². The van der Waals surface area contributed by atoms with Gasteiger partial charge < -0.3 is 4.57 Å². The molecule has 0 bridgehead atoms. The van der Waals surface area contributed by atoms with Crippen LogP contribution in [0, 0.1) is 6.92 Å². The van der Waals surface area contributed by atoms with Gasteiger partial charge in [0, 0.05) is 29.2 Å². The Morgan fingerprint density at radius 3 is 2.55 bits per heavy atom. The number of likely N-dealkylation sites (tertiary alicyclic amines) is 1. The molecule has 3 rings (SSSR count). The molecule has 20 heavy (non-hydrogen) atoms. The molecule has 0 spiro atoms.